The van der Waals surface area contributed by atoms with Gasteiger partial charge in [-0.15, -0.1) is 0 Å². The Kier molecular flexibility index (Phi) is 8.31. The maximum absolute atomic E-state index is 12.3. The molecule has 0 aliphatic heterocycles. The first kappa shape index (κ1) is 19.7. The van der Waals surface area contributed by atoms with Crippen LogP contribution in [-0.2, 0) is 15.9 Å². The van der Waals surface area contributed by atoms with Gasteiger partial charge in [0.15, 0.2) is 0 Å². The van der Waals surface area contributed by atoms with E-state index in [1.54, 1.807) is 12.1 Å². The van der Waals surface area contributed by atoms with E-state index in [2.05, 4.69) is 15.9 Å². The molecule has 1 aromatic rings. The van der Waals surface area contributed by atoms with Crippen molar-refractivity contribution in [2.24, 2.45) is 5.92 Å². The third-order valence-electron chi connectivity index (χ3n) is 3.29. The molecule has 0 fully saturated rings. The molecule has 0 bridgehead atoms. The Bertz CT molecular complexity index is 552. The van der Waals surface area contributed by atoms with E-state index in [0.29, 0.717) is 13.2 Å². The van der Waals surface area contributed by atoms with Crippen LogP contribution in [0.1, 0.15) is 66.8 Å². The molecule has 0 unspecified atom stereocenters. The monoisotopic (exact) mass is 384 g/mol. The fourth-order valence-corrected chi connectivity index (χ4v) is 2.56. The number of carbonyl (C=O) groups excluding carboxylic acids is 2. The van der Waals surface area contributed by atoms with Crippen molar-refractivity contribution in [3.63, 3.8) is 0 Å². The molecule has 0 N–H and O–H groups in total. The summed E-state index contributed by atoms with van der Waals surface area (Å²) < 4.78 is 11.3. The van der Waals surface area contributed by atoms with Crippen LogP contribution in [0.4, 0.5) is 0 Å². The van der Waals surface area contributed by atoms with Gasteiger partial charge in [0.25, 0.3) is 0 Å². The lowest BCUT2D eigenvalue weighted by Crippen LogP contribution is -2.17. The van der Waals surface area contributed by atoms with E-state index in [1.807, 2.05) is 27.7 Å². The first-order chi connectivity index (χ1) is 10.9. The maximum Gasteiger partial charge on any atom is 0.339 e. The Labute approximate surface area is 146 Å². The van der Waals surface area contributed by atoms with Crippen molar-refractivity contribution in [3.8, 4) is 0 Å². The third kappa shape index (κ3) is 5.98. The van der Waals surface area contributed by atoms with Gasteiger partial charge in [0.1, 0.15) is 0 Å². The number of carbonyl (C=O) groups is 2. The highest BCUT2D eigenvalue weighted by molar-refractivity contribution is 9.10. The predicted molar refractivity (Wildman–Crippen MR) is 93.8 cm³/mol. The van der Waals surface area contributed by atoms with Crippen LogP contribution in [-0.4, -0.2) is 25.2 Å². The molecule has 0 saturated heterocycles. The molecule has 0 aliphatic rings. The average Bonchev–Trinajstić information content (AvgIpc) is 2.52. The second kappa shape index (κ2) is 9.71. The van der Waals surface area contributed by atoms with E-state index in [9.17, 15) is 9.59 Å². The average molecular weight is 385 g/mol. The number of hydrogen-bond donors (Lipinski definition) is 0. The number of esters is 2. The number of halogens is 1. The zero-order chi connectivity index (χ0) is 17.4. The number of benzene rings is 1. The third-order valence-corrected chi connectivity index (χ3v) is 4.02. The molecule has 1 aromatic carbocycles. The predicted octanol–water partition coefficient (Wildman–Crippen LogP) is 4.78. The van der Waals surface area contributed by atoms with E-state index in [1.165, 1.54) is 0 Å². The second-order valence-electron chi connectivity index (χ2n) is 5.82. The summed E-state index contributed by atoms with van der Waals surface area (Å²) in [6.45, 7) is 8.61. The number of unbranched alkanes of at least 4 members (excludes halogenated alkanes) is 1. The molecule has 0 spiro atoms. The van der Waals surface area contributed by atoms with Gasteiger partial charge < -0.3 is 9.47 Å². The van der Waals surface area contributed by atoms with Crippen molar-refractivity contribution in [2.45, 2.75) is 47.0 Å². The van der Waals surface area contributed by atoms with Crippen molar-refractivity contribution < 1.29 is 19.1 Å². The molecule has 0 saturated carbocycles. The lowest BCUT2D eigenvalue weighted by molar-refractivity contribution is 0.0428. The van der Waals surface area contributed by atoms with Crippen LogP contribution in [0.15, 0.2) is 16.6 Å². The molecule has 4 nitrogen and oxygen atoms in total. The smallest absolute Gasteiger partial charge is 0.339 e. The molecule has 5 heteroatoms. The van der Waals surface area contributed by atoms with Crippen molar-refractivity contribution in [1.29, 1.82) is 0 Å². The minimum Gasteiger partial charge on any atom is -0.462 e. The Hall–Kier alpha value is -1.36. The number of ether oxygens (including phenoxy) is 2. The van der Waals surface area contributed by atoms with Crippen LogP contribution >= 0.6 is 15.9 Å². The molecule has 0 radical (unpaired) electrons. The van der Waals surface area contributed by atoms with Gasteiger partial charge in [-0.3, -0.25) is 0 Å². The lowest BCUT2D eigenvalue weighted by atomic mass is 10.0. The fraction of sp³-hybridized carbons (Fsp3) is 0.556. The van der Waals surface area contributed by atoms with Gasteiger partial charge in [0.05, 0.1) is 24.3 Å². The quantitative estimate of drug-likeness (QED) is 0.477. The van der Waals surface area contributed by atoms with Crippen LogP contribution in [0.25, 0.3) is 0 Å². The lowest BCUT2D eigenvalue weighted by Gasteiger charge is -2.13. The Morgan fingerprint density at radius 3 is 2.26 bits per heavy atom. The van der Waals surface area contributed by atoms with Crippen molar-refractivity contribution in [1.82, 2.24) is 0 Å². The number of hydrogen-bond acceptors (Lipinski definition) is 4. The summed E-state index contributed by atoms with van der Waals surface area (Å²) in [7, 11) is 0. The van der Waals surface area contributed by atoms with Crippen LogP contribution in [0, 0.1) is 5.92 Å². The van der Waals surface area contributed by atoms with Crippen LogP contribution in [0.5, 0.6) is 0 Å². The van der Waals surface area contributed by atoms with E-state index in [4.69, 9.17) is 9.47 Å². The molecular weight excluding hydrogens is 360 g/mol. The van der Waals surface area contributed by atoms with E-state index in [-0.39, 0.29) is 17.0 Å². The van der Waals surface area contributed by atoms with E-state index < -0.39 is 11.9 Å². The summed E-state index contributed by atoms with van der Waals surface area (Å²) in [5, 5.41) is 0. The zero-order valence-electron chi connectivity index (χ0n) is 14.3. The molecule has 128 valence electrons. The SMILES string of the molecule is CCCCOC(=O)c1cc(Br)c(CC)cc1C(=O)OCC(C)C. The summed E-state index contributed by atoms with van der Waals surface area (Å²) in [5.41, 5.74) is 1.47. The highest BCUT2D eigenvalue weighted by Gasteiger charge is 2.22. The van der Waals surface area contributed by atoms with Crippen LogP contribution in [0.3, 0.4) is 0 Å². The van der Waals surface area contributed by atoms with Gasteiger partial charge in [-0.25, -0.2) is 9.59 Å². The number of rotatable bonds is 8. The molecule has 23 heavy (non-hydrogen) atoms. The normalized spacial score (nSPS) is 10.7. The minimum atomic E-state index is -0.488. The Morgan fingerprint density at radius 1 is 1.09 bits per heavy atom. The first-order valence-corrected chi connectivity index (χ1v) is 8.86. The zero-order valence-corrected chi connectivity index (χ0v) is 15.9. The molecule has 0 heterocycles. The summed E-state index contributed by atoms with van der Waals surface area (Å²) in [5.74, 6) is -0.735. The van der Waals surface area contributed by atoms with Gasteiger partial charge in [0.2, 0.25) is 0 Å². The van der Waals surface area contributed by atoms with Gasteiger partial charge in [-0.1, -0.05) is 50.0 Å². The summed E-state index contributed by atoms with van der Waals surface area (Å²) in [6.07, 6.45) is 2.48. The summed E-state index contributed by atoms with van der Waals surface area (Å²) >= 11 is 3.44. The fourth-order valence-electron chi connectivity index (χ4n) is 1.93. The Balaban J connectivity index is 3.08. The second-order valence-corrected chi connectivity index (χ2v) is 6.68. The van der Waals surface area contributed by atoms with Gasteiger partial charge in [-0.05, 0) is 36.5 Å². The van der Waals surface area contributed by atoms with Gasteiger partial charge >= 0.3 is 11.9 Å². The Morgan fingerprint density at radius 2 is 1.70 bits per heavy atom. The van der Waals surface area contributed by atoms with E-state index in [0.717, 1.165) is 29.3 Å². The number of aryl methyl sites for hydroxylation is 1. The molecule has 1 rings (SSSR count). The first-order valence-electron chi connectivity index (χ1n) is 8.07. The van der Waals surface area contributed by atoms with Crippen LogP contribution in [0.2, 0.25) is 0 Å². The van der Waals surface area contributed by atoms with Crippen molar-refractivity contribution in [2.75, 3.05) is 13.2 Å². The maximum atomic E-state index is 12.3. The van der Waals surface area contributed by atoms with E-state index >= 15 is 0 Å². The van der Waals surface area contributed by atoms with Crippen molar-refractivity contribution in [3.05, 3.63) is 33.3 Å². The van der Waals surface area contributed by atoms with Crippen molar-refractivity contribution >= 4 is 27.9 Å². The molecule has 0 atom stereocenters. The van der Waals surface area contributed by atoms with Crippen LogP contribution < -0.4 is 0 Å². The molecule has 0 aliphatic carbocycles. The summed E-state index contributed by atoms with van der Waals surface area (Å²) in [4.78, 5) is 24.6. The molecule has 0 aromatic heterocycles. The summed E-state index contributed by atoms with van der Waals surface area (Å²) in [6, 6.07) is 3.36. The van der Waals surface area contributed by atoms with Gasteiger partial charge in [0, 0.05) is 4.47 Å². The standard InChI is InChI=1S/C18H25BrO4/c1-5-7-8-22-17(20)15-10-16(19)13(6-2)9-14(15)18(21)23-11-12(3)4/h9-10,12H,5-8,11H2,1-4H3. The topological polar surface area (TPSA) is 52.6 Å². The largest absolute Gasteiger partial charge is 0.462 e. The molecule has 0 amide bonds. The highest BCUT2D eigenvalue weighted by atomic mass is 79.9. The van der Waals surface area contributed by atoms with Gasteiger partial charge in [-0.2, -0.15) is 0 Å². The highest BCUT2D eigenvalue weighted by Crippen LogP contribution is 2.24. The minimum absolute atomic E-state index is 0.236. The molecular formula is C18H25BrO4.